The molecular formula is C11H14N4O2. The van der Waals surface area contributed by atoms with Crippen molar-refractivity contribution < 1.29 is 9.84 Å². The number of methoxy groups -OCH3 is 1. The third-order valence-electron chi connectivity index (χ3n) is 2.48. The van der Waals surface area contributed by atoms with Crippen LogP contribution in [-0.4, -0.2) is 32.0 Å². The van der Waals surface area contributed by atoms with E-state index in [4.69, 9.17) is 4.74 Å². The average molecular weight is 234 g/mol. The monoisotopic (exact) mass is 234 g/mol. The van der Waals surface area contributed by atoms with E-state index in [1.165, 1.54) is 7.11 Å². The van der Waals surface area contributed by atoms with Crippen LogP contribution < -0.4 is 4.74 Å². The number of aliphatic hydroxyl groups is 1. The van der Waals surface area contributed by atoms with E-state index in [2.05, 4.69) is 15.2 Å². The molecule has 0 aliphatic rings. The Balaban J connectivity index is 2.27. The number of aryl methyl sites for hydroxylation is 1. The van der Waals surface area contributed by atoms with Gasteiger partial charge in [-0.1, -0.05) is 0 Å². The number of imidazole rings is 1. The van der Waals surface area contributed by atoms with Gasteiger partial charge >= 0.3 is 0 Å². The largest absolute Gasteiger partial charge is 0.480 e. The molecule has 2 aromatic rings. The highest BCUT2D eigenvalue weighted by Gasteiger charge is 2.17. The summed E-state index contributed by atoms with van der Waals surface area (Å²) in [4.78, 5) is 4.12. The standard InChI is InChI=1S/C11H14N4O2/c1-3-15-7-6-12-11(15)10(16)8-4-5-9(17-2)14-13-8/h4-7,10,16H,3H2,1-2H3. The van der Waals surface area contributed by atoms with Crippen molar-refractivity contribution in [3.05, 3.63) is 36.0 Å². The molecule has 0 fully saturated rings. The van der Waals surface area contributed by atoms with Crippen molar-refractivity contribution in [2.24, 2.45) is 0 Å². The minimum Gasteiger partial charge on any atom is -0.480 e. The second kappa shape index (κ2) is 4.92. The van der Waals surface area contributed by atoms with Gasteiger partial charge in [-0.3, -0.25) is 0 Å². The summed E-state index contributed by atoms with van der Waals surface area (Å²) in [6, 6.07) is 3.33. The molecule has 0 aliphatic carbocycles. The molecule has 2 rings (SSSR count). The first-order chi connectivity index (χ1) is 8.26. The highest BCUT2D eigenvalue weighted by Crippen LogP contribution is 2.19. The van der Waals surface area contributed by atoms with Crippen molar-refractivity contribution in [3.63, 3.8) is 0 Å². The molecule has 90 valence electrons. The fourth-order valence-corrected chi connectivity index (χ4v) is 1.55. The third kappa shape index (κ3) is 2.26. The zero-order chi connectivity index (χ0) is 12.3. The van der Waals surface area contributed by atoms with Crippen molar-refractivity contribution in [1.29, 1.82) is 0 Å². The second-order valence-corrected chi connectivity index (χ2v) is 3.47. The molecule has 17 heavy (non-hydrogen) atoms. The molecule has 0 spiro atoms. The van der Waals surface area contributed by atoms with Crippen molar-refractivity contribution >= 4 is 0 Å². The number of hydrogen-bond acceptors (Lipinski definition) is 5. The lowest BCUT2D eigenvalue weighted by Crippen LogP contribution is -2.11. The highest BCUT2D eigenvalue weighted by atomic mass is 16.5. The Morgan fingerprint density at radius 1 is 1.41 bits per heavy atom. The molecule has 1 unspecified atom stereocenters. The lowest BCUT2D eigenvalue weighted by Gasteiger charge is -2.11. The normalized spacial score (nSPS) is 12.4. The fourth-order valence-electron chi connectivity index (χ4n) is 1.55. The Kier molecular flexibility index (Phi) is 3.34. The van der Waals surface area contributed by atoms with Gasteiger partial charge in [0.15, 0.2) is 6.10 Å². The van der Waals surface area contributed by atoms with Gasteiger partial charge in [0, 0.05) is 25.0 Å². The van der Waals surface area contributed by atoms with E-state index in [0.717, 1.165) is 6.54 Å². The van der Waals surface area contributed by atoms with Crippen LogP contribution in [0.3, 0.4) is 0 Å². The molecule has 1 N–H and O–H groups in total. The molecule has 1 atom stereocenters. The molecule has 6 heteroatoms. The predicted molar refractivity (Wildman–Crippen MR) is 60.5 cm³/mol. The topological polar surface area (TPSA) is 73.1 Å². The van der Waals surface area contributed by atoms with Gasteiger partial charge in [-0.15, -0.1) is 10.2 Å². The van der Waals surface area contributed by atoms with Crippen LogP contribution in [0, 0.1) is 0 Å². The molecule has 0 bridgehead atoms. The first kappa shape index (κ1) is 11.5. The van der Waals surface area contributed by atoms with E-state index in [1.807, 2.05) is 17.7 Å². The maximum absolute atomic E-state index is 10.1. The summed E-state index contributed by atoms with van der Waals surface area (Å²) in [5.41, 5.74) is 0.451. The van der Waals surface area contributed by atoms with Crippen molar-refractivity contribution in [3.8, 4) is 5.88 Å². The Morgan fingerprint density at radius 3 is 2.82 bits per heavy atom. The Bertz CT molecular complexity index is 480. The van der Waals surface area contributed by atoms with Crippen LogP contribution in [0.25, 0.3) is 0 Å². The van der Waals surface area contributed by atoms with Crippen LogP contribution in [0.1, 0.15) is 24.5 Å². The molecule has 0 aliphatic heterocycles. The van der Waals surface area contributed by atoms with E-state index in [1.54, 1.807) is 18.3 Å². The van der Waals surface area contributed by atoms with E-state index in [0.29, 0.717) is 17.4 Å². The van der Waals surface area contributed by atoms with Crippen LogP contribution in [0.4, 0.5) is 0 Å². The maximum atomic E-state index is 10.1. The number of aliphatic hydroxyl groups excluding tert-OH is 1. The molecule has 0 aromatic carbocycles. The van der Waals surface area contributed by atoms with E-state index >= 15 is 0 Å². The summed E-state index contributed by atoms with van der Waals surface area (Å²) in [5, 5.41) is 17.8. The molecule has 0 amide bonds. The van der Waals surface area contributed by atoms with Crippen molar-refractivity contribution in [1.82, 2.24) is 19.7 Å². The zero-order valence-corrected chi connectivity index (χ0v) is 9.74. The minimum absolute atomic E-state index is 0.416. The van der Waals surface area contributed by atoms with Crippen LogP contribution in [0.5, 0.6) is 5.88 Å². The van der Waals surface area contributed by atoms with E-state index < -0.39 is 6.10 Å². The Hall–Kier alpha value is -1.95. The molecule has 2 heterocycles. The summed E-state index contributed by atoms with van der Waals surface area (Å²) in [6.45, 7) is 2.73. The molecule has 6 nitrogen and oxygen atoms in total. The van der Waals surface area contributed by atoms with Gasteiger partial charge in [0.25, 0.3) is 0 Å². The number of aromatic nitrogens is 4. The molecule has 0 saturated carbocycles. The molecular weight excluding hydrogens is 220 g/mol. The molecule has 0 radical (unpaired) electrons. The Morgan fingerprint density at radius 2 is 2.24 bits per heavy atom. The lowest BCUT2D eigenvalue weighted by molar-refractivity contribution is 0.198. The quantitative estimate of drug-likeness (QED) is 0.846. The van der Waals surface area contributed by atoms with Crippen LogP contribution in [0.2, 0.25) is 0 Å². The highest BCUT2D eigenvalue weighted by molar-refractivity contribution is 5.18. The molecule has 0 saturated heterocycles. The van der Waals surface area contributed by atoms with Gasteiger partial charge in [-0.2, -0.15) is 0 Å². The lowest BCUT2D eigenvalue weighted by atomic mass is 10.2. The summed E-state index contributed by atoms with van der Waals surface area (Å²) < 4.78 is 6.77. The number of nitrogens with zero attached hydrogens (tertiary/aromatic N) is 4. The van der Waals surface area contributed by atoms with Crippen LogP contribution in [0.15, 0.2) is 24.5 Å². The number of ether oxygens (including phenoxy) is 1. The Labute approximate surface area is 98.9 Å². The van der Waals surface area contributed by atoms with Gasteiger partial charge in [-0.25, -0.2) is 4.98 Å². The average Bonchev–Trinajstić information content (AvgIpc) is 2.86. The van der Waals surface area contributed by atoms with Gasteiger partial charge < -0.3 is 14.4 Å². The van der Waals surface area contributed by atoms with Crippen molar-refractivity contribution in [2.45, 2.75) is 19.6 Å². The first-order valence-corrected chi connectivity index (χ1v) is 5.33. The third-order valence-corrected chi connectivity index (χ3v) is 2.48. The second-order valence-electron chi connectivity index (χ2n) is 3.47. The van der Waals surface area contributed by atoms with E-state index in [9.17, 15) is 5.11 Å². The number of hydrogen-bond donors (Lipinski definition) is 1. The van der Waals surface area contributed by atoms with Crippen molar-refractivity contribution in [2.75, 3.05) is 7.11 Å². The fraction of sp³-hybridized carbons (Fsp3) is 0.364. The first-order valence-electron chi connectivity index (χ1n) is 5.33. The van der Waals surface area contributed by atoms with Crippen LogP contribution in [-0.2, 0) is 6.54 Å². The van der Waals surface area contributed by atoms with Gasteiger partial charge in [0.2, 0.25) is 5.88 Å². The smallest absolute Gasteiger partial charge is 0.233 e. The SMILES string of the molecule is CCn1ccnc1C(O)c1ccc(OC)nn1. The number of rotatable bonds is 4. The van der Waals surface area contributed by atoms with Gasteiger partial charge in [0.05, 0.1) is 12.8 Å². The zero-order valence-electron chi connectivity index (χ0n) is 9.74. The predicted octanol–water partition coefficient (Wildman–Crippen LogP) is 0.783. The maximum Gasteiger partial charge on any atom is 0.233 e. The van der Waals surface area contributed by atoms with Gasteiger partial charge in [-0.05, 0) is 13.0 Å². The molecule has 2 aromatic heterocycles. The minimum atomic E-state index is -0.872. The summed E-state index contributed by atoms with van der Waals surface area (Å²) in [5.74, 6) is 0.978. The summed E-state index contributed by atoms with van der Waals surface area (Å²) >= 11 is 0. The van der Waals surface area contributed by atoms with Crippen LogP contribution >= 0.6 is 0 Å². The summed E-state index contributed by atoms with van der Waals surface area (Å²) in [6.07, 6.45) is 2.59. The van der Waals surface area contributed by atoms with Gasteiger partial charge in [0.1, 0.15) is 5.82 Å². The summed E-state index contributed by atoms with van der Waals surface area (Å²) in [7, 11) is 1.52. The van der Waals surface area contributed by atoms with E-state index in [-0.39, 0.29) is 0 Å².